The summed E-state index contributed by atoms with van der Waals surface area (Å²) in [6, 6.07) is 10.4. The van der Waals surface area contributed by atoms with Crippen LogP contribution in [0.25, 0.3) is 0 Å². The lowest BCUT2D eigenvalue weighted by atomic mass is 10.2. The van der Waals surface area contributed by atoms with Crippen LogP contribution >= 0.6 is 7.82 Å². The van der Waals surface area contributed by atoms with Crippen LogP contribution in [0.5, 0.6) is 0 Å². The Labute approximate surface area is 178 Å². The van der Waals surface area contributed by atoms with Crippen LogP contribution in [0.3, 0.4) is 0 Å². The zero-order valence-electron chi connectivity index (χ0n) is 18.7. The summed E-state index contributed by atoms with van der Waals surface area (Å²) in [6.07, 6.45) is 5.18. The van der Waals surface area contributed by atoms with Gasteiger partial charge in [-0.3, -0.25) is 18.5 Å². The van der Waals surface area contributed by atoms with Crippen molar-refractivity contribution in [1.82, 2.24) is 4.90 Å². The van der Waals surface area contributed by atoms with E-state index in [0.717, 1.165) is 26.1 Å². The molecule has 0 bridgehead atoms. The molecule has 1 atom stereocenters. The van der Waals surface area contributed by atoms with E-state index in [-0.39, 0.29) is 6.10 Å². The minimum atomic E-state index is -3.49. The van der Waals surface area contributed by atoms with Crippen molar-refractivity contribution >= 4 is 15.9 Å². The molecule has 162 valence electrons. The average Bonchev–Trinajstić information content (AvgIpc) is 2.70. The number of nitrogens with zero attached hydrogens (tertiary/aromatic N) is 1. The van der Waals surface area contributed by atoms with Gasteiger partial charge in [0.25, 0.3) is 0 Å². The van der Waals surface area contributed by atoms with Gasteiger partial charge in [-0.15, -0.1) is 11.5 Å². The molecule has 0 fully saturated rings. The first kappa shape index (κ1) is 25.8. The van der Waals surface area contributed by atoms with Gasteiger partial charge in [-0.1, -0.05) is 69.0 Å². The quantitative estimate of drug-likeness (QED) is 0.187. The molecule has 1 aromatic carbocycles. The van der Waals surface area contributed by atoms with Crippen molar-refractivity contribution in [2.45, 2.75) is 52.1 Å². The Morgan fingerprint density at radius 2 is 1.83 bits per heavy atom. The van der Waals surface area contributed by atoms with E-state index < -0.39 is 15.9 Å². The minimum absolute atomic E-state index is 0.328. The van der Waals surface area contributed by atoms with Gasteiger partial charge in [0.15, 0.2) is 0 Å². The SMILES string of the molecule is CC[C@@H](/C=C/CN(CCC#C[Si](C)(C)C)Cc1ccccc1)OP(=O)(OC)OC. The molecule has 0 aromatic heterocycles. The zero-order valence-corrected chi connectivity index (χ0v) is 20.6. The Hall–Kier alpha value is -1.19. The smallest absolute Gasteiger partial charge is 0.294 e. The highest BCUT2D eigenvalue weighted by molar-refractivity contribution is 7.48. The number of rotatable bonds is 12. The molecular formula is C22H36NO4PSi. The van der Waals surface area contributed by atoms with Crippen LogP contribution in [0.4, 0.5) is 0 Å². The maximum atomic E-state index is 12.2. The van der Waals surface area contributed by atoms with Crippen molar-refractivity contribution in [3.8, 4) is 11.5 Å². The molecular weight excluding hydrogens is 401 g/mol. The van der Waals surface area contributed by atoms with E-state index in [9.17, 15) is 4.57 Å². The topological polar surface area (TPSA) is 48.0 Å². The summed E-state index contributed by atoms with van der Waals surface area (Å²) in [7, 11) is -2.18. The standard InChI is InChI=1S/C22H36NO4PSi/c1-7-22(27-28(24,25-2)26-3)16-13-18-23(17-11-12-19-29(4,5)6)20-21-14-9-8-10-15-21/h8-10,13-16,22H,7,11,17-18,20H2,1-6H3/b16-13+/t22-/m0/s1. The molecule has 0 aliphatic heterocycles. The van der Waals surface area contributed by atoms with Crippen molar-refractivity contribution in [3.63, 3.8) is 0 Å². The molecule has 0 aliphatic rings. The molecule has 29 heavy (non-hydrogen) atoms. The lowest BCUT2D eigenvalue weighted by molar-refractivity contribution is 0.124. The Balaban J connectivity index is 2.74. The van der Waals surface area contributed by atoms with E-state index in [2.05, 4.69) is 66.3 Å². The predicted octanol–water partition coefficient (Wildman–Crippen LogP) is 5.51. The fourth-order valence-corrected chi connectivity index (χ4v) is 4.08. The molecule has 0 aliphatic carbocycles. The van der Waals surface area contributed by atoms with Crippen molar-refractivity contribution in [1.29, 1.82) is 0 Å². The van der Waals surface area contributed by atoms with E-state index in [1.165, 1.54) is 19.8 Å². The van der Waals surface area contributed by atoms with E-state index in [0.29, 0.717) is 6.42 Å². The third-order valence-corrected chi connectivity index (χ3v) is 6.44. The van der Waals surface area contributed by atoms with Crippen molar-refractivity contribution in [2.75, 3.05) is 27.3 Å². The van der Waals surface area contributed by atoms with Crippen molar-refractivity contribution in [3.05, 3.63) is 48.0 Å². The fraction of sp³-hybridized carbons (Fsp3) is 0.545. The first-order chi connectivity index (χ1) is 13.7. The van der Waals surface area contributed by atoms with Gasteiger partial charge < -0.3 is 0 Å². The minimum Gasteiger partial charge on any atom is -0.294 e. The van der Waals surface area contributed by atoms with Gasteiger partial charge in [-0.25, -0.2) is 4.57 Å². The normalized spacial score (nSPS) is 13.5. The van der Waals surface area contributed by atoms with E-state index in [4.69, 9.17) is 13.6 Å². The summed E-state index contributed by atoms with van der Waals surface area (Å²) in [5.41, 5.74) is 4.70. The lowest BCUT2D eigenvalue weighted by Crippen LogP contribution is -2.25. The average molecular weight is 438 g/mol. The van der Waals surface area contributed by atoms with Gasteiger partial charge in [0.05, 0.1) is 6.10 Å². The van der Waals surface area contributed by atoms with Gasteiger partial charge in [0, 0.05) is 40.3 Å². The van der Waals surface area contributed by atoms with E-state index in [1.54, 1.807) is 0 Å². The predicted molar refractivity (Wildman–Crippen MR) is 123 cm³/mol. The summed E-state index contributed by atoms with van der Waals surface area (Å²) >= 11 is 0. The molecule has 0 spiro atoms. The first-order valence-corrected chi connectivity index (χ1v) is 15.0. The second-order valence-corrected chi connectivity index (χ2v) is 14.4. The molecule has 0 amide bonds. The number of phosphoric ester groups is 1. The largest absolute Gasteiger partial charge is 0.474 e. The molecule has 0 saturated carbocycles. The molecule has 5 nitrogen and oxygen atoms in total. The Morgan fingerprint density at radius 1 is 1.17 bits per heavy atom. The maximum Gasteiger partial charge on any atom is 0.474 e. The van der Waals surface area contributed by atoms with Crippen LogP contribution in [0.1, 0.15) is 25.3 Å². The van der Waals surface area contributed by atoms with Gasteiger partial charge in [0.1, 0.15) is 8.07 Å². The van der Waals surface area contributed by atoms with Crippen LogP contribution in [-0.2, 0) is 24.7 Å². The summed E-state index contributed by atoms with van der Waals surface area (Å²) < 4.78 is 27.4. The van der Waals surface area contributed by atoms with Gasteiger partial charge in [-0.2, -0.15) is 0 Å². The van der Waals surface area contributed by atoms with Crippen LogP contribution in [0, 0.1) is 11.5 Å². The summed E-state index contributed by atoms with van der Waals surface area (Å²) in [5, 5.41) is 0. The Kier molecular flexibility index (Phi) is 11.7. The zero-order chi connectivity index (χ0) is 21.8. The number of phosphoric acid groups is 1. The first-order valence-electron chi connectivity index (χ1n) is 10.0. The number of hydrogen-bond donors (Lipinski definition) is 0. The highest BCUT2D eigenvalue weighted by atomic mass is 31.2. The number of hydrogen-bond acceptors (Lipinski definition) is 5. The highest BCUT2D eigenvalue weighted by Gasteiger charge is 2.26. The number of benzene rings is 1. The second kappa shape index (κ2) is 13.2. The van der Waals surface area contributed by atoms with Crippen LogP contribution in [0.2, 0.25) is 19.6 Å². The molecule has 1 aromatic rings. The summed E-state index contributed by atoms with van der Waals surface area (Å²) in [5.74, 6) is 3.35. The van der Waals surface area contributed by atoms with Gasteiger partial charge >= 0.3 is 7.82 Å². The second-order valence-electron chi connectivity index (χ2n) is 7.82. The van der Waals surface area contributed by atoms with Gasteiger partial charge in [-0.05, 0) is 12.0 Å². The third kappa shape index (κ3) is 11.5. The fourth-order valence-electron chi connectivity index (χ4n) is 2.55. The van der Waals surface area contributed by atoms with Crippen molar-refractivity contribution < 1.29 is 18.1 Å². The van der Waals surface area contributed by atoms with Crippen LogP contribution in [0.15, 0.2) is 42.5 Å². The van der Waals surface area contributed by atoms with Crippen LogP contribution < -0.4 is 0 Å². The molecule has 0 N–H and O–H groups in total. The summed E-state index contributed by atoms with van der Waals surface area (Å²) in [4.78, 5) is 2.35. The molecule has 0 heterocycles. The van der Waals surface area contributed by atoms with Crippen molar-refractivity contribution in [2.24, 2.45) is 0 Å². The Morgan fingerprint density at radius 3 is 2.38 bits per heavy atom. The maximum absolute atomic E-state index is 12.2. The monoisotopic (exact) mass is 437 g/mol. The summed E-state index contributed by atoms with van der Waals surface area (Å²) in [6.45, 7) is 11.2. The highest BCUT2D eigenvalue weighted by Crippen LogP contribution is 2.49. The molecule has 0 unspecified atom stereocenters. The lowest BCUT2D eigenvalue weighted by Gasteiger charge is -2.21. The van der Waals surface area contributed by atoms with E-state index >= 15 is 0 Å². The molecule has 7 heteroatoms. The molecule has 0 radical (unpaired) electrons. The van der Waals surface area contributed by atoms with E-state index in [1.807, 2.05) is 19.1 Å². The molecule has 0 saturated heterocycles. The van der Waals surface area contributed by atoms with Crippen LogP contribution in [-0.4, -0.2) is 46.4 Å². The third-order valence-electron chi connectivity index (χ3n) is 4.09. The Bertz CT molecular complexity index is 714. The molecule has 1 rings (SSSR count). The van der Waals surface area contributed by atoms with Gasteiger partial charge in [0.2, 0.25) is 0 Å².